The van der Waals surface area contributed by atoms with E-state index >= 15 is 0 Å². The van der Waals surface area contributed by atoms with Crippen LogP contribution in [0.15, 0.2) is 35.8 Å². The fraction of sp³-hybridized carbons (Fsp3) is 0.438. The maximum absolute atomic E-state index is 12.1. The predicted octanol–water partition coefficient (Wildman–Crippen LogP) is 2.28. The van der Waals surface area contributed by atoms with Crippen LogP contribution >= 0.6 is 11.3 Å². The van der Waals surface area contributed by atoms with Crippen molar-refractivity contribution in [3.8, 4) is 0 Å². The molecule has 0 saturated carbocycles. The zero-order valence-corrected chi connectivity index (χ0v) is 14.0. The number of nitrogens with one attached hydrogen (secondary N) is 2. The quantitative estimate of drug-likeness (QED) is 0.882. The van der Waals surface area contributed by atoms with E-state index < -0.39 is 0 Å². The Bertz CT molecular complexity index is 620. The first kappa shape index (κ1) is 16.0. The van der Waals surface area contributed by atoms with Crippen LogP contribution in [-0.2, 0) is 11.8 Å². The molecule has 0 radical (unpaired) electrons. The van der Waals surface area contributed by atoms with Crippen LogP contribution in [0.5, 0.6) is 0 Å². The minimum atomic E-state index is -0.167. The van der Waals surface area contributed by atoms with Crippen LogP contribution in [0.2, 0.25) is 0 Å². The van der Waals surface area contributed by atoms with E-state index in [0.717, 1.165) is 31.3 Å². The summed E-state index contributed by atoms with van der Waals surface area (Å²) in [7, 11) is 2.04. The Kier molecular flexibility index (Phi) is 5.32. The van der Waals surface area contributed by atoms with Gasteiger partial charge in [-0.25, -0.2) is 4.79 Å². The molecule has 0 spiro atoms. The Morgan fingerprint density at radius 3 is 2.83 bits per heavy atom. The highest BCUT2D eigenvalue weighted by molar-refractivity contribution is 7.14. The van der Waals surface area contributed by atoms with Crippen LogP contribution in [0.4, 0.5) is 9.80 Å². The maximum Gasteiger partial charge on any atom is 0.319 e. The van der Waals surface area contributed by atoms with Crippen molar-refractivity contribution in [3.05, 3.63) is 41.5 Å². The molecule has 3 heterocycles. The van der Waals surface area contributed by atoms with Gasteiger partial charge in [0.2, 0.25) is 0 Å². The minimum Gasteiger partial charge on any atom is -0.379 e. The number of aromatic nitrogens is 1. The second-order valence-corrected chi connectivity index (χ2v) is 6.47. The van der Waals surface area contributed by atoms with Crippen molar-refractivity contribution >= 4 is 22.4 Å². The Morgan fingerprint density at radius 2 is 2.17 bits per heavy atom. The van der Waals surface area contributed by atoms with Gasteiger partial charge in [-0.05, 0) is 29.6 Å². The van der Waals surface area contributed by atoms with E-state index in [0.29, 0.717) is 6.54 Å². The van der Waals surface area contributed by atoms with Gasteiger partial charge in [0.1, 0.15) is 0 Å². The summed E-state index contributed by atoms with van der Waals surface area (Å²) >= 11 is 1.51. The molecule has 1 aliphatic heterocycles. The molecular weight excluding hydrogens is 312 g/mol. The number of thiophene rings is 1. The van der Waals surface area contributed by atoms with E-state index in [4.69, 9.17) is 4.74 Å². The number of hydrogen-bond donors (Lipinski definition) is 2. The molecule has 0 aromatic carbocycles. The summed E-state index contributed by atoms with van der Waals surface area (Å²) in [6.07, 6.45) is 2.04. The molecule has 6 nitrogen and oxygen atoms in total. The Labute approximate surface area is 140 Å². The number of ether oxygens (including phenoxy) is 1. The number of carbonyl (C=O) groups excluding carboxylic acids is 1. The Hall–Kier alpha value is -1.83. The number of amides is 2. The Morgan fingerprint density at radius 1 is 1.35 bits per heavy atom. The second-order valence-electron chi connectivity index (χ2n) is 5.52. The highest BCUT2D eigenvalue weighted by atomic mass is 32.1. The van der Waals surface area contributed by atoms with Crippen LogP contribution in [0.25, 0.3) is 0 Å². The molecular formula is C16H22N4O2S. The predicted molar refractivity (Wildman–Crippen MR) is 91.9 cm³/mol. The molecule has 0 bridgehead atoms. The number of rotatable bonds is 5. The van der Waals surface area contributed by atoms with Crippen LogP contribution in [0.1, 0.15) is 11.7 Å². The van der Waals surface area contributed by atoms with Gasteiger partial charge in [0.25, 0.3) is 0 Å². The van der Waals surface area contributed by atoms with Crippen molar-refractivity contribution < 1.29 is 9.53 Å². The fourth-order valence-electron chi connectivity index (χ4n) is 2.83. The van der Waals surface area contributed by atoms with Gasteiger partial charge >= 0.3 is 6.03 Å². The molecule has 2 aromatic heterocycles. The van der Waals surface area contributed by atoms with Crippen molar-refractivity contribution in [1.29, 1.82) is 0 Å². The molecule has 2 amide bonds. The van der Waals surface area contributed by atoms with E-state index in [2.05, 4.69) is 26.2 Å². The summed E-state index contributed by atoms with van der Waals surface area (Å²) < 4.78 is 7.56. The van der Waals surface area contributed by atoms with Crippen LogP contribution in [0, 0.1) is 0 Å². The first-order chi connectivity index (χ1) is 11.2. The van der Waals surface area contributed by atoms with Gasteiger partial charge in [0.05, 0.1) is 24.3 Å². The van der Waals surface area contributed by atoms with Crippen molar-refractivity contribution in [1.82, 2.24) is 14.8 Å². The van der Waals surface area contributed by atoms with Crippen molar-refractivity contribution in [2.24, 2.45) is 7.05 Å². The summed E-state index contributed by atoms with van der Waals surface area (Å²) in [6, 6.07) is 7.93. The number of nitrogens with zero attached hydrogens (tertiary/aromatic N) is 2. The number of aryl methyl sites for hydroxylation is 1. The second kappa shape index (κ2) is 7.63. The summed E-state index contributed by atoms with van der Waals surface area (Å²) in [6.45, 7) is 3.80. The summed E-state index contributed by atoms with van der Waals surface area (Å²) in [5, 5.41) is 8.64. The van der Waals surface area contributed by atoms with Crippen LogP contribution in [-0.4, -0.2) is 48.3 Å². The number of anilines is 1. The normalized spacial score (nSPS) is 16.9. The largest absolute Gasteiger partial charge is 0.379 e. The summed E-state index contributed by atoms with van der Waals surface area (Å²) in [5.41, 5.74) is 1.20. The first-order valence-corrected chi connectivity index (χ1v) is 8.63. The standard InChI is InChI=1S/C16H22N4O2S/c1-19-6-2-4-13(19)14(20-7-9-22-10-8-20)12-17-16(21)18-15-5-3-11-23-15/h2-6,11,14H,7-10,12H2,1H3,(H2,17,18,21)/t14-/m1/s1. The SMILES string of the molecule is Cn1cccc1[C@@H](CNC(=O)Nc1cccs1)N1CCOCC1. The lowest BCUT2D eigenvalue weighted by Crippen LogP contribution is -2.45. The van der Waals surface area contributed by atoms with Gasteiger partial charge in [-0.2, -0.15) is 0 Å². The van der Waals surface area contributed by atoms with E-state index in [1.807, 2.05) is 36.8 Å². The Balaban J connectivity index is 1.63. The highest BCUT2D eigenvalue weighted by Crippen LogP contribution is 2.21. The number of hydrogen-bond acceptors (Lipinski definition) is 4. The molecule has 0 aliphatic carbocycles. The molecule has 0 unspecified atom stereocenters. The smallest absolute Gasteiger partial charge is 0.319 e. The van der Waals surface area contributed by atoms with Gasteiger partial charge < -0.3 is 14.6 Å². The zero-order chi connectivity index (χ0) is 16.1. The molecule has 1 aliphatic rings. The van der Waals surface area contributed by atoms with E-state index in [9.17, 15) is 4.79 Å². The third-order valence-electron chi connectivity index (χ3n) is 4.03. The van der Waals surface area contributed by atoms with Gasteiger partial charge in [-0.15, -0.1) is 11.3 Å². The molecule has 2 aromatic rings. The minimum absolute atomic E-state index is 0.146. The first-order valence-electron chi connectivity index (χ1n) is 7.75. The van der Waals surface area contributed by atoms with Gasteiger partial charge in [0.15, 0.2) is 0 Å². The third-order valence-corrected chi connectivity index (χ3v) is 4.81. The lowest BCUT2D eigenvalue weighted by Gasteiger charge is -2.34. The number of morpholine rings is 1. The lowest BCUT2D eigenvalue weighted by molar-refractivity contribution is 0.0154. The monoisotopic (exact) mass is 334 g/mol. The van der Waals surface area contributed by atoms with E-state index in [-0.39, 0.29) is 12.1 Å². The van der Waals surface area contributed by atoms with Crippen molar-refractivity contribution in [2.45, 2.75) is 6.04 Å². The lowest BCUT2D eigenvalue weighted by atomic mass is 10.1. The van der Waals surface area contributed by atoms with Gasteiger partial charge in [-0.1, -0.05) is 0 Å². The average molecular weight is 334 g/mol. The summed E-state index contributed by atoms with van der Waals surface area (Å²) in [5.74, 6) is 0. The molecule has 1 atom stereocenters. The van der Waals surface area contributed by atoms with E-state index in [1.165, 1.54) is 17.0 Å². The maximum atomic E-state index is 12.1. The van der Waals surface area contributed by atoms with Gasteiger partial charge in [0, 0.05) is 38.6 Å². The third kappa shape index (κ3) is 4.13. The number of carbonyl (C=O) groups is 1. The molecule has 3 rings (SSSR count). The van der Waals surface area contributed by atoms with Gasteiger partial charge in [-0.3, -0.25) is 10.2 Å². The van der Waals surface area contributed by atoms with Crippen LogP contribution < -0.4 is 10.6 Å². The fourth-order valence-corrected chi connectivity index (χ4v) is 3.44. The zero-order valence-electron chi connectivity index (χ0n) is 13.2. The van der Waals surface area contributed by atoms with Crippen molar-refractivity contribution in [3.63, 3.8) is 0 Å². The highest BCUT2D eigenvalue weighted by Gasteiger charge is 2.24. The topological polar surface area (TPSA) is 58.5 Å². The molecule has 7 heteroatoms. The van der Waals surface area contributed by atoms with Crippen LogP contribution in [0.3, 0.4) is 0 Å². The molecule has 124 valence electrons. The van der Waals surface area contributed by atoms with Crippen molar-refractivity contribution in [2.75, 3.05) is 38.2 Å². The average Bonchev–Trinajstić information content (AvgIpc) is 3.21. The molecule has 1 fully saturated rings. The van der Waals surface area contributed by atoms with E-state index in [1.54, 1.807) is 0 Å². The molecule has 23 heavy (non-hydrogen) atoms. The molecule has 2 N–H and O–H groups in total. The summed E-state index contributed by atoms with van der Waals surface area (Å²) in [4.78, 5) is 14.5. The molecule has 1 saturated heterocycles. The number of urea groups is 1.